The van der Waals surface area contributed by atoms with Gasteiger partial charge in [0.1, 0.15) is 0 Å². The zero-order valence-corrected chi connectivity index (χ0v) is 19.2. The van der Waals surface area contributed by atoms with Crippen molar-refractivity contribution >= 4 is 38.3 Å². The molecule has 1 atom stereocenters. The number of carbonyl (C=O) groups excluding carboxylic acids is 2. The minimum Gasteiger partial charge on any atom is -0.289 e. The van der Waals surface area contributed by atoms with E-state index in [0.717, 1.165) is 16.3 Å². The predicted octanol–water partition coefficient (Wildman–Crippen LogP) is 2.79. The topological polar surface area (TPSA) is 78.0 Å². The molecule has 3 aromatic rings. The fourth-order valence-electron chi connectivity index (χ4n) is 4.70. The van der Waals surface area contributed by atoms with E-state index in [1.807, 2.05) is 60.4 Å². The first-order valence-electron chi connectivity index (χ1n) is 11.0. The first-order chi connectivity index (χ1) is 15.9. The average molecular weight is 464 g/mol. The number of nitrogens with zero attached hydrogens (tertiary/aromatic N) is 3. The Labute approximate surface area is 193 Å². The Balaban J connectivity index is 1.30. The van der Waals surface area contributed by atoms with Crippen LogP contribution in [-0.4, -0.2) is 61.7 Å². The molecule has 2 aliphatic rings. The quantitative estimate of drug-likeness (QED) is 0.556. The Morgan fingerprint density at radius 3 is 2.21 bits per heavy atom. The van der Waals surface area contributed by atoms with Gasteiger partial charge in [-0.05, 0) is 41.5 Å². The molecule has 2 aliphatic heterocycles. The molecule has 0 spiro atoms. The van der Waals surface area contributed by atoms with Crippen molar-refractivity contribution < 1.29 is 18.0 Å². The van der Waals surface area contributed by atoms with Crippen LogP contribution in [-0.2, 0) is 19.6 Å². The average Bonchev–Trinajstić information content (AvgIpc) is 3.13. The number of hydrogen-bond acceptors (Lipinski definition) is 5. The summed E-state index contributed by atoms with van der Waals surface area (Å²) >= 11 is 0. The van der Waals surface area contributed by atoms with Gasteiger partial charge in [-0.3, -0.25) is 14.5 Å². The molecule has 8 heteroatoms. The van der Waals surface area contributed by atoms with Gasteiger partial charge < -0.3 is 0 Å². The number of anilines is 1. The zero-order chi connectivity index (χ0) is 23.2. The van der Waals surface area contributed by atoms with E-state index in [4.69, 9.17) is 0 Å². The molecule has 0 aliphatic carbocycles. The van der Waals surface area contributed by atoms with Crippen LogP contribution in [0.3, 0.4) is 0 Å². The highest BCUT2D eigenvalue weighted by Crippen LogP contribution is 2.29. The Bertz CT molecular complexity index is 1350. The second kappa shape index (κ2) is 8.37. The van der Waals surface area contributed by atoms with E-state index in [2.05, 4.69) is 0 Å². The molecule has 2 amide bonds. The largest absolute Gasteiger partial charge is 0.289 e. The lowest BCUT2D eigenvalue weighted by Crippen LogP contribution is -2.53. The number of rotatable bonds is 4. The van der Waals surface area contributed by atoms with E-state index >= 15 is 0 Å². The standard InChI is InChI=1S/C25H25N3O4S/c1-18-6-2-5-9-22(18)28-24(29)17-23(25(28)30)26-12-14-27(15-13-26)33(31,32)21-11-10-19-7-3-4-8-20(19)16-21/h2-11,16,23H,12-15,17H2,1H3/t23-/m0/s1. The molecule has 2 saturated heterocycles. The number of aryl methyl sites for hydroxylation is 1. The van der Waals surface area contributed by atoms with Gasteiger partial charge in [0, 0.05) is 26.2 Å². The number of fused-ring (bicyclic) bond motifs is 1. The van der Waals surface area contributed by atoms with Gasteiger partial charge in [0.25, 0.3) is 5.91 Å². The van der Waals surface area contributed by atoms with E-state index in [1.165, 1.54) is 9.21 Å². The normalized spacial score (nSPS) is 20.6. The number of sulfonamides is 1. The van der Waals surface area contributed by atoms with Crippen LogP contribution in [0.1, 0.15) is 12.0 Å². The molecule has 0 unspecified atom stereocenters. The van der Waals surface area contributed by atoms with Gasteiger partial charge in [-0.15, -0.1) is 0 Å². The van der Waals surface area contributed by atoms with Gasteiger partial charge in [-0.25, -0.2) is 13.3 Å². The van der Waals surface area contributed by atoms with Crippen LogP contribution >= 0.6 is 0 Å². The van der Waals surface area contributed by atoms with Gasteiger partial charge in [-0.1, -0.05) is 48.5 Å². The first kappa shape index (κ1) is 21.8. The summed E-state index contributed by atoms with van der Waals surface area (Å²) < 4.78 is 27.9. The second-order valence-corrected chi connectivity index (χ2v) is 10.5. The van der Waals surface area contributed by atoms with Crippen molar-refractivity contribution in [1.29, 1.82) is 0 Å². The van der Waals surface area contributed by atoms with Crippen molar-refractivity contribution in [2.24, 2.45) is 0 Å². The Kier molecular flexibility index (Phi) is 5.52. The monoisotopic (exact) mass is 463 g/mol. The van der Waals surface area contributed by atoms with E-state index < -0.39 is 16.1 Å². The first-order valence-corrected chi connectivity index (χ1v) is 12.5. The molecule has 33 heavy (non-hydrogen) atoms. The van der Waals surface area contributed by atoms with E-state index in [9.17, 15) is 18.0 Å². The minimum absolute atomic E-state index is 0.116. The van der Waals surface area contributed by atoms with Crippen molar-refractivity contribution in [1.82, 2.24) is 9.21 Å². The maximum atomic E-state index is 13.2. The van der Waals surface area contributed by atoms with E-state index in [-0.39, 0.29) is 36.2 Å². The van der Waals surface area contributed by atoms with Crippen LogP contribution in [0.2, 0.25) is 0 Å². The molecular weight excluding hydrogens is 438 g/mol. The molecule has 2 heterocycles. The van der Waals surface area contributed by atoms with Crippen LogP contribution in [0.5, 0.6) is 0 Å². The van der Waals surface area contributed by atoms with Crippen molar-refractivity contribution in [2.75, 3.05) is 31.1 Å². The van der Waals surface area contributed by atoms with E-state index in [1.54, 1.807) is 18.2 Å². The minimum atomic E-state index is -3.64. The van der Waals surface area contributed by atoms with Gasteiger partial charge >= 0.3 is 0 Å². The smallest absolute Gasteiger partial charge is 0.251 e. The fourth-order valence-corrected chi connectivity index (χ4v) is 6.16. The molecule has 170 valence electrons. The molecule has 7 nitrogen and oxygen atoms in total. The molecule has 0 saturated carbocycles. The van der Waals surface area contributed by atoms with Crippen molar-refractivity contribution in [3.8, 4) is 0 Å². The van der Waals surface area contributed by atoms with Crippen LogP contribution in [0.4, 0.5) is 5.69 Å². The van der Waals surface area contributed by atoms with Crippen molar-refractivity contribution in [2.45, 2.75) is 24.3 Å². The molecular formula is C25H25N3O4S. The number of piperazine rings is 1. The maximum Gasteiger partial charge on any atom is 0.251 e. The number of imide groups is 1. The SMILES string of the molecule is Cc1ccccc1N1C(=O)C[C@H](N2CCN(S(=O)(=O)c3ccc4ccccc4c3)CC2)C1=O. The van der Waals surface area contributed by atoms with Gasteiger partial charge in [-0.2, -0.15) is 4.31 Å². The van der Waals surface area contributed by atoms with Crippen molar-refractivity contribution in [3.05, 3.63) is 72.3 Å². The molecule has 3 aromatic carbocycles. The lowest BCUT2D eigenvalue weighted by Gasteiger charge is -2.36. The molecule has 0 bridgehead atoms. The van der Waals surface area contributed by atoms with Crippen molar-refractivity contribution in [3.63, 3.8) is 0 Å². The third-order valence-corrected chi connectivity index (χ3v) is 8.45. The third-order valence-electron chi connectivity index (χ3n) is 6.55. The molecule has 5 rings (SSSR count). The number of amides is 2. The zero-order valence-electron chi connectivity index (χ0n) is 18.3. The summed E-state index contributed by atoms with van der Waals surface area (Å²) in [5, 5.41) is 1.87. The molecule has 0 aromatic heterocycles. The summed E-state index contributed by atoms with van der Waals surface area (Å²) in [6, 6.07) is 19.6. The second-order valence-electron chi connectivity index (χ2n) is 8.52. The molecule has 0 N–H and O–H groups in total. The summed E-state index contributed by atoms with van der Waals surface area (Å²) in [6.07, 6.45) is 0.116. The lowest BCUT2D eigenvalue weighted by atomic mass is 10.1. The van der Waals surface area contributed by atoms with Crippen LogP contribution in [0, 0.1) is 6.92 Å². The summed E-state index contributed by atoms with van der Waals surface area (Å²) in [6.45, 7) is 3.23. The Morgan fingerprint density at radius 2 is 1.48 bits per heavy atom. The highest BCUT2D eigenvalue weighted by atomic mass is 32.2. The van der Waals surface area contributed by atoms with Crippen LogP contribution in [0.15, 0.2) is 71.6 Å². The summed E-state index contributed by atoms with van der Waals surface area (Å²) in [5.41, 5.74) is 1.48. The summed E-state index contributed by atoms with van der Waals surface area (Å²) in [7, 11) is -3.64. The van der Waals surface area contributed by atoms with Gasteiger partial charge in [0.2, 0.25) is 15.9 Å². The van der Waals surface area contributed by atoms with Crippen LogP contribution in [0.25, 0.3) is 10.8 Å². The van der Waals surface area contributed by atoms with Gasteiger partial charge in [0.15, 0.2) is 0 Å². The number of para-hydroxylation sites is 1. The summed E-state index contributed by atoms with van der Waals surface area (Å²) in [5.74, 6) is -0.453. The highest BCUT2D eigenvalue weighted by molar-refractivity contribution is 7.89. The number of benzene rings is 3. The van der Waals surface area contributed by atoms with Gasteiger partial charge in [0.05, 0.1) is 23.0 Å². The fraction of sp³-hybridized carbons (Fsp3) is 0.280. The molecule has 0 radical (unpaired) electrons. The number of carbonyl (C=O) groups is 2. The summed E-state index contributed by atoms with van der Waals surface area (Å²) in [4.78, 5) is 29.3. The third kappa shape index (κ3) is 3.84. The van der Waals surface area contributed by atoms with E-state index in [0.29, 0.717) is 18.8 Å². The Morgan fingerprint density at radius 1 is 0.818 bits per heavy atom. The molecule has 2 fully saturated rings. The van der Waals surface area contributed by atoms with Crippen LogP contribution < -0.4 is 4.90 Å². The predicted molar refractivity (Wildman–Crippen MR) is 126 cm³/mol. The maximum absolute atomic E-state index is 13.2. The Hall–Kier alpha value is -3.07. The number of hydrogen-bond donors (Lipinski definition) is 0. The lowest BCUT2D eigenvalue weighted by molar-refractivity contribution is -0.123. The highest BCUT2D eigenvalue weighted by Gasteiger charge is 2.44.